The number of methoxy groups -OCH3 is 1. The van der Waals surface area contributed by atoms with Gasteiger partial charge in [-0.15, -0.1) is 0 Å². The molecule has 1 saturated heterocycles. The quantitative estimate of drug-likeness (QED) is 0.836. The lowest BCUT2D eigenvalue weighted by atomic mass is 9.81. The smallest absolute Gasteiger partial charge is 0.340 e. The summed E-state index contributed by atoms with van der Waals surface area (Å²) in [6, 6.07) is 8.96. The second kappa shape index (κ2) is 6.53. The molecule has 0 saturated carbocycles. The Morgan fingerprint density at radius 2 is 2.08 bits per heavy atom. The number of carbonyl (C=O) groups is 2. The van der Waals surface area contributed by atoms with Crippen LogP contribution in [0.25, 0.3) is 11.3 Å². The van der Waals surface area contributed by atoms with Crippen LogP contribution in [0.5, 0.6) is 0 Å². The zero-order valence-electron chi connectivity index (χ0n) is 14.6. The lowest BCUT2D eigenvalue weighted by Crippen LogP contribution is -2.49. The number of pyridine rings is 1. The van der Waals surface area contributed by atoms with Gasteiger partial charge in [0.15, 0.2) is 0 Å². The van der Waals surface area contributed by atoms with Crippen molar-refractivity contribution < 1.29 is 19.1 Å². The summed E-state index contributed by atoms with van der Waals surface area (Å²) < 4.78 is 10.7. The van der Waals surface area contributed by atoms with Crippen molar-refractivity contribution in [2.75, 3.05) is 20.2 Å². The maximum absolute atomic E-state index is 12.7. The van der Waals surface area contributed by atoms with E-state index in [-0.39, 0.29) is 11.6 Å². The molecule has 0 unspecified atom stereocenters. The van der Waals surface area contributed by atoms with E-state index >= 15 is 0 Å². The average molecular weight is 352 g/mol. The maximum Gasteiger partial charge on any atom is 0.340 e. The molecular formula is C20H20N2O4. The number of aromatic nitrogens is 1. The van der Waals surface area contributed by atoms with Gasteiger partial charge in [-0.05, 0) is 36.9 Å². The van der Waals surface area contributed by atoms with Crippen molar-refractivity contribution in [1.29, 1.82) is 0 Å². The Balaban J connectivity index is 1.72. The van der Waals surface area contributed by atoms with Crippen molar-refractivity contribution >= 4 is 11.9 Å². The van der Waals surface area contributed by atoms with Crippen molar-refractivity contribution in [3.8, 4) is 11.3 Å². The molecule has 0 atom stereocenters. The highest BCUT2D eigenvalue weighted by Gasteiger charge is 2.41. The molecule has 1 aromatic carbocycles. The summed E-state index contributed by atoms with van der Waals surface area (Å²) in [4.78, 5) is 29.0. The molecule has 0 amide bonds. The number of hydrogen-bond acceptors (Lipinski definition) is 6. The minimum Gasteiger partial charge on any atom is -0.465 e. The number of rotatable bonds is 2. The Labute approximate surface area is 151 Å². The number of fused-ring (bicyclic) bond motifs is 1. The Morgan fingerprint density at radius 1 is 1.27 bits per heavy atom. The molecule has 1 aromatic heterocycles. The summed E-state index contributed by atoms with van der Waals surface area (Å²) in [5.41, 5.74) is 2.71. The van der Waals surface area contributed by atoms with Crippen LogP contribution in [0, 0.1) is 0 Å². The molecule has 3 heterocycles. The highest BCUT2D eigenvalue weighted by atomic mass is 16.6. The molecule has 1 N–H and O–H groups in total. The Bertz CT molecular complexity index is 872. The fourth-order valence-electron chi connectivity index (χ4n) is 3.77. The first-order valence-electron chi connectivity index (χ1n) is 8.73. The first-order chi connectivity index (χ1) is 12.6. The molecule has 2 aromatic rings. The van der Waals surface area contributed by atoms with E-state index < -0.39 is 5.97 Å². The van der Waals surface area contributed by atoms with Gasteiger partial charge in [-0.3, -0.25) is 4.98 Å². The summed E-state index contributed by atoms with van der Waals surface area (Å²) in [6.45, 7) is 1.72. The fraction of sp³-hybridized carbons (Fsp3) is 0.350. The average Bonchev–Trinajstić information content (AvgIpc) is 2.68. The van der Waals surface area contributed by atoms with Gasteiger partial charge in [0.05, 0.1) is 23.9 Å². The third kappa shape index (κ3) is 2.86. The molecule has 2 aliphatic heterocycles. The maximum atomic E-state index is 12.7. The number of hydrogen-bond donors (Lipinski definition) is 1. The number of ether oxygens (including phenoxy) is 2. The van der Waals surface area contributed by atoms with Crippen LogP contribution in [0.1, 0.15) is 39.1 Å². The van der Waals surface area contributed by atoms with Gasteiger partial charge in [-0.2, -0.15) is 0 Å². The van der Waals surface area contributed by atoms with Crippen LogP contribution < -0.4 is 5.32 Å². The number of nitrogens with one attached hydrogen (secondary N) is 1. The van der Waals surface area contributed by atoms with E-state index in [1.54, 1.807) is 24.4 Å². The van der Waals surface area contributed by atoms with Gasteiger partial charge < -0.3 is 14.8 Å². The van der Waals surface area contributed by atoms with Crippen LogP contribution >= 0.6 is 0 Å². The summed E-state index contributed by atoms with van der Waals surface area (Å²) in [6.07, 6.45) is 3.99. The molecule has 0 aliphatic carbocycles. The lowest BCUT2D eigenvalue weighted by Gasteiger charge is -2.40. The van der Waals surface area contributed by atoms with Crippen molar-refractivity contribution in [2.24, 2.45) is 0 Å². The standard InChI is InChI=1S/C20H20N2O4/c1-25-18(23)15-3-2-8-22-17(15)13-4-5-14-12-20(6-9-21-10-7-20)26-19(24)16(14)11-13/h2-5,8,11,21H,6-7,9-10,12H2,1H3. The molecule has 1 spiro atoms. The Hall–Kier alpha value is -2.73. The fourth-order valence-corrected chi connectivity index (χ4v) is 3.77. The van der Waals surface area contributed by atoms with Gasteiger partial charge in [-0.25, -0.2) is 9.59 Å². The van der Waals surface area contributed by atoms with Gasteiger partial charge >= 0.3 is 11.9 Å². The number of nitrogens with zero attached hydrogens (tertiary/aromatic N) is 1. The van der Waals surface area contributed by atoms with E-state index in [1.165, 1.54) is 7.11 Å². The first-order valence-corrected chi connectivity index (χ1v) is 8.73. The highest BCUT2D eigenvalue weighted by molar-refractivity contribution is 5.98. The van der Waals surface area contributed by atoms with Crippen LogP contribution in [0.4, 0.5) is 0 Å². The molecule has 26 heavy (non-hydrogen) atoms. The zero-order chi connectivity index (χ0) is 18.1. The van der Waals surface area contributed by atoms with Crippen LogP contribution in [0.2, 0.25) is 0 Å². The van der Waals surface area contributed by atoms with E-state index in [0.717, 1.165) is 37.9 Å². The number of esters is 2. The third-order valence-corrected chi connectivity index (χ3v) is 5.15. The Morgan fingerprint density at radius 3 is 2.85 bits per heavy atom. The molecule has 6 heteroatoms. The lowest BCUT2D eigenvalue weighted by molar-refractivity contribution is -0.0398. The monoisotopic (exact) mass is 352 g/mol. The van der Waals surface area contributed by atoms with Crippen LogP contribution in [-0.2, 0) is 15.9 Å². The van der Waals surface area contributed by atoms with Crippen molar-refractivity contribution in [1.82, 2.24) is 10.3 Å². The molecule has 0 radical (unpaired) electrons. The van der Waals surface area contributed by atoms with Crippen LogP contribution in [-0.4, -0.2) is 42.7 Å². The van der Waals surface area contributed by atoms with Crippen LogP contribution in [0.3, 0.4) is 0 Å². The number of piperidine rings is 1. The second-order valence-electron chi connectivity index (χ2n) is 6.76. The summed E-state index contributed by atoms with van der Waals surface area (Å²) in [7, 11) is 1.34. The van der Waals surface area contributed by atoms with Crippen LogP contribution in [0.15, 0.2) is 36.5 Å². The molecule has 134 valence electrons. The summed E-state index contributed by atoms with van der Waals surface area (Å²) in [5, 5.41) is 3.30. The normalized spacial score (nSPS) is 18.1. The van der Waals surface area contributed by atoms with E-state index in [2.05, 4.69) is 10.3 Å². The number of benzene rings is 1. The summed E-state index contributed by atoms with van der Waals surface area (Å²) in [5.74, 6) is -0.757. The topological polar surface area (TPSA) is 77.5 Å². The molecule has 6 nitrogen and oxygen atoms in total. The zero-order valence-corrected chi connectivity index (χ0v) is 14.6. The van der Waals surface area contributed by atoms with E-state index in [1.807, 2.05) is 12.1 Å². The van der Waals surface area contributed by atoms with Crippen molar-refractivity contribution in [3.05, 3.63) is 53.2 Å². The predicted octanol–water partition coefficient (Wildman–Crippen LogP) is 2.37. The highest BCUT2D eigenvalue weighted by Crippen LogP contribution is 2.36. The van der Waals surface area contributed by atoms with Gasteiger partial charge in [0, 0.05) is 31.0 Å². The second-order valence-corrected chi connectivity index (χ2v) is 6.76. The minimum absolute atomic E-state index is 0.300. The summed E-state index contributed by atoms with van der Waals surface area (Å²) >= 11 is 0. The van der Waals surface area contributed by atoms with Crippen molar-refractivity contribution in [2.45, 2.75) is 24.9 Å². The molecule has 1 fully saturated rings. The SMILES string of the molecule is COC(=O)c1cccnc1-c1ccc2c(c1)C(=O)OC1(CCNCC1)C2. The first kappa shape index (κ1) is 16.7. The van der Waals surface area contributed by atoms with Gasteiger partial charge in [0.25, 0.3) is 0 Å². The largest absolute Gasteiger partial charge is 0.465 e. The van der Waals surface area contributed by atoms with E-state index in [4.69, 9.17) is 9.47 Å². The van der Waals surface area contributed by atoms with Gasteiger partial charge in [-0.1, -0.05) is 12.1 Å². The van der Waals surface area contributed by atoms with E-state index in [9.17, 15) is 9.59 Å². The van der Waals surface area contributed by atoms with Crippen molar-refractivity contribution in [3.63, 3.8) is 0 Å². The molecule has 0 bridgehead atoms. The molecule has 2 aliphatic rings. The molecule has 4 rings (SSSR count). The molecular weight excluding hydrogens is 332 g/mol. The van der Waals surface area contributed by atoms with E-state index in [0.29, 0.717) is 22.4 Å². The van der Waals surface area contributed by atoms with Gasteiger partial charge in [0.2, 0.25) is 0 Å². The minimum atomic E-state index is -0.456. The third-order valence-electron chi connectivity index (χ3n) is 5.15. The van der Waals surface area contributed by atoms with Gasteiger partial charge in [0.1, 0.15) is 5.60 Å². The predicted molar refractivity (Wildman–Crippen MR) is 95.0 cm³/mol. The number of carbonyl (C=O) groups excluding carboxylic acids is 2. The Kier molecular flexibility index (Phi) is 4.20.